The monoisotopic (exact) mass is 242 g/mol. The second-order valence-corrected chi connectivity index (χ2v) is 5.54. The first-order valence-corrected chi connectivity index (χ1v) is 6.84. The van der Waals surface area contributed by atoms with Crippen LogP contribution < -0.4 is 0 Å². The number of aromatic nitrogens is 1. The number of nitrogens with one attached hydrogen (secondary N) is 1. The molecule has 0 radical (unpaired) electrons. The molecule has 3 nitrogen and oxygen atoms in total. The topological polar surface area (TPSA) is 39.3 Å². The molecular weight excluding hydrogens is 224 g/mol. The average molecular weight is 242 g/mol. The molecule has 2 N–H and O–H groups in total. The maximum atomic E-state index is 9.91. The van der Waals surface area contributed by atoms with Crippen molar-refractivity contribution in [3.63, 3.8) is 0 Å². The summed E-state index contributed by atoms with van der Waals surface area (Å²) < 4.78 is 0. The number of hydrogen-bond acceptors (Lipinski definition) is 2. The van der Waals surface area contributed by atoms with Crippen LogP contribution in [-0.2, 0) is 6.42 Å². The van der Waals surface area contributed by atoms with Gasteiger partial charge in [0.2, 0.25) is 0 Å². The van der Waals surface area contributed by atoms with E-state index < -0.39 is 0 Å². The van der Waals surface area contributed by atoms with Crippen LogP contribution in [-0.4, -0.2) is 34.2 Å². The van der Waals surface area contributed by atoms with Crippen LogP contribution in [0.3, 0.4) is 0 Å². The van der Waals surface area contributed by atoms with Crippen LogP contribution in [0.4, 0.5) is 0 Å². The summed E-state index contributed by atoms with van der Waals surface area (Å²) in [5.41, 5.74) is 4.06. The molecule has 1 aromatic carbocycles. The number of piperidine rings is 1. The molecule has 2 atom stereocenters. The van der Waals surface area contributed by atoms with Gasteiger partial charge in [0.1, 0.15) is 0 Å². The number of rotatable bonds is 0. The van der Waals surface area contributed by atoms with Crippen molar-refractivity contribution in [2.45, 2.75) is 31.4 Å². The molecule has 0 unspecified atom stereocenters. The Labute approximate surface area is 106 Å². The Morgan fingerprint density at radius 1 is 1.22 bits per heavy atom. The molecule has 1 aromatic heterocycles. The second-order valence-electron chi connectivity index (χ2n) is 5.54. The fourth-order valence-corrected chi connectivity index (χ4v) is 3.59. The maximum Gasteiger partial charge on any atom is 0.0571 e. The largest absolute Gasteiger partial charge is 0.393 e. The molecule has 0 bridgehead atoms. The van der Waals surface area contributed by atoms with E-state index in [1.165, 1.54) is 22.2 Å². The van der Waals surface area contributed by atoms with Gasteiger partial charge < -0.3 is 10.1 Å². The van der Waals surface area contributed by atoms with Gasteiger partial charge in [-0.2, -0.15) is 0 Å². The number of aliphatic hydroxyl groups is 1. The van der Waals surface area contributed by atoms with Crippen molar-refractivity contribution in [2.24, 2.45) is 0 Å². The number of fused-ring (bicyclic) bond motifs is 5. The lowest BCUT2D eigenvalue weighted by Gasteiger charge is -2.40. The Morgan fingerprint density at radius 3 is 3.06 bits per heavy atom. The highest BCUT2D eigenvalue weighted by atomic mass is 16.3. The minimum absolute atomic E-state index is 0.136. The SMILES string of the molecule is O[C@@H]1CCN2CCc3c([nH]c4ccccc34)[C@H]2C1. The third-order valence-electron chi connectivity index (χ3n) is 4.51. The van der Waals surface area contributed by atoms with Crippen molar-refractivity contribution in [1.82, 2.24) is 9.88 Å². The predicted molar refractivity (Wildman–Crippen MR) is 71.6 cm³/mol. The lowest BCUT2D eigenvalue weighted by Crippen LogP contribution is -2.42. The normalized spacial score (nSPS) is 28.1. The second kappa shape index (κ2) is 3.84. The molecule has 94 valence electrons. The van der Waals surface area contributed by atoms with E-state index in [0.717, 1.165) is 32.4 Å². The number of H-pyrrole nitrogens is 1. The van der Waals surface area contributed by atoms with Crippen molar-refractivity contribution in [3.05, 3.63) is 35.5 Å². The Bertz CT molecular complexity index is 589. The van der Waals surface area contributed by atoms with Gasteiger partial charge in [0.15, 0.2) is 0 Å². The molecule has 2 aliphatic heterocycles. The fourth-order valence-electron chi connectivity index (χ4n) is 3.59. The van der Waals surface area contributed by atoms with E-state index in [0.29, 0.717) is 6.04 Å². The zero-order chi connectivity index (χ0) is 12.1. The number of hydrogen-bond donors (Lipinski definition) is 2. The van der Waals surface area contributed by atoms with Crippen molar-refractivity contribution in [3.8, 4) is 0 Å². The van der Waals surface area contributed by atoms with E-state index in [1.54, 1.807) is 0 Å². The van der Waals surface area contributed by atoms with Gasteiger partial charge in [-0.25, -0.2) is 0 Å². The number of aromatic amines is 1. The highest BCUT2D eigenvalue weighted by Crippen LogP contribution is 2.39. The molecule has 1 saturated heterocycles. The number of benzene rings is 1. The van der Waals surface area contributed by atoms with Gasteiger partial charge in [0, 0.05) is 29.7 Å². The average Bonchev–Trinajstić information content (AvgIpc) is 2.78. The molecular formula is C15H18N2O. The highest BCUT2D eigenvalue weighted by molar-refractivity contribution is 5.85. The van der Waals surface area contributed by atoms with Gasteiger partial charge in [-0.3, -0.25) is 4.90 Å². The summed E-state index contributed by atoms with van der Waals surface area (Å²) in [6.07, 6.45) is 2.79. The Balaban J connectivity index is 1.86. The zero-order valence-electron chi connectivity index (χ0n) is 10.4. The quantitative estimate of drug-likeness (QED) is 0.743. The van der Waals surface area contributed by atoms with Gasteiger partial charge in [-0.15, -0.1) is 0 Å². The van der Waals surface area contributed by atoms with Crippen LogP contribution in [0.15, 0.2) is 24.3 Å². The van der Waals surface area contributed by atoms with Crippen molar-refractivity contribution < 1.29 is 5.11 Å². The molecule has 4 rings (SSSR count). The van der Waals surface area contributed by atoms with Gasteiger partial charge in [0.25, 0.3) is 0 Å². The zero-order valence-corrected chi connectivity index (χ0v) is 10.4. The van der Waals surface area contributed by atoms with E-state index in [2.05, 4.69) is 34.1 Å². The molecule has 0 spiro atoms. The summed E-state index contributed by atoms with van der Waals surface area (Å²) in [5.74, 6) is 0. The number of nitrogens with zero attached hydrogens (tertiary/aromatic N) is 1. The van der Waals surface area contributed by atoms with Crippen LogP contribution in [0.5, 0.6) is 0 Å². The fraction of sp³-hybridized carbons (Fsp3) is 0.467. The predicted octanol–water partition coefficient (Wildman–Crippen LogP) is 2.22. The molecule has 0 aliphatic carbocycles. The van der Waals surface area contributed by atoms with Gasteiger partial charge in [0.05, 0.1) is 12.1 Å². The molecule has 2 aliphatic rings. The van der Waals surface area contributed by atoms with Crippen LogP contribution in [0.2, 0.25) is 0 Å². The van der Waals surface area contributed by atoms with Crippen molar-refractivity contribution >= 4 is 10.9 Å². The Morgan fingerprint density at radius 2 is 2.11 bits per heavy atom. The minimum atomic E-state index is -0.136. The van der Waals surface area contributed by atoms with E-state index in [9.17, 15) is 5.11 Å². The third-order valence-corrected chi connectivity index (χ3v) is 4.51. The summed E-state index contributed by atoms with van der Waals surface area (Å²) in [6, 6.07) is 8.94. The first-order chi connectivity index (χ1) is 8.83. The molecule has 3 heteroatoms. The van der Waals surface area contributed by atoms with Crippen molar-refractivity contribution in [1.29, 1.82) is 0 Å². The van der Waals surface area contributed by atoms with Crippen LogP contribution in [0.25, 0.3) is 10.9 Å². The first-order valence-electron chi connectivity index (χ1n) is 6.84. The Hall–Kier alpha value is -1.32. The summed E-state index contributed by atoms with van der Waals surface area (Å²) in [4.78, 5) is 6.10. The lowest BCUT2D eigenvalue weighted by atomic mass is 9.89. The maximum absolute atomic E-state index is 9.91. The molecule has 0 saturated carbocycles. The highest BCUT2D eigenvalue weighted by Gasteiger charge is 2.34. The summed E-state index contributed by atoms with van der Waals surface area (Å²) in [5, 5.41) is 11.3. The molecule has 0 amide bonds. The smallest absolute Gasteiger partial charge is 0.0571 e. The van der Waals surface area contributed by atoms with Gasteiger partial charge in [-0.05, 0) is 30.9 Å². The molecule has 1 fully saturated rings. The molecule has 18 heavy (non-hydrogen) atoms. The van der Waals surface area contributed by atoms with Gasteiger partial charge >= 0.3 is 0 Å². The number of para-hydroxylation sites is 1. The van der Waals surface area contributed by atoms with Crippen LogP contribution in [0.1, 0.15) is 30.1 Å². The van der Waals surface area contributed by atoms with E-state index in [1.807, 2.05) is 0 Å². The minimum Gasteiger partial charge on any atom is -0.393 e. The first kappa shape index (κ1) is 10.6. The molecule has 3 heterocycles. The summed E-state index contributed by atoms with van der Waals surface area (Å²) >= 11 is 0. The van der Waals surface area contributed by atoms with Crippen LogP contribution in [0, 0.1) is 0 Å². The summed E-state index contributed by atoms with van der Waals surface area (Å²) in [7, 11) is 0. The van der Waals surface area contributed by atoms with E-state index in [-0.39, 0.29) is 6.10 Å². The third kappa shape index (κ3) is 1.44. The Kier molecular flexibility index (Phi) is 2.26. The summed E-state index contributed by atoms with van der Waals surface area (Å²) in [6.45, 7) is 2.16. The van der Waals surface area contributed by atoms with E-state index in [4.69, 9.17) is 0 Å². The van der Waals surface area contributed by atoms with Gasteiger partial charge in [-0.1, -0.05) is 18.2 Å². The molecule has 2 aromatic rings. The van der Waals surface area contributed by atoms with Crippen molar-refractivity contribution in [2.75, 3.05) is 13.1 Å². The lowest BCUT2D eigenvalue weighted by molar-refractivity contribution is 0.0348. The van der Waals surface area contributed by atoms with Crippen LogP contribution >= 0.6 is 0 Å². The number of aliphatic hydroxyl groups excluding tert-OH is 1. The standard InChI is InChI=1S/C15H18N2O/c18-10-5-7-17-8-6-12-11-3-1-2-4-13(11)16-15(12)14(17)9-10/h1-4,10,14,16,18H,5-9H2/t10-,14-/m1/s1. The van der Waals surface area contributed by atoms with E-state index >= 15 is 0 Å².